The highest BCUT2D eigenvalue weighted by Gasteiger charge is 2.11. The fourth-order valence-electron chi connectivity index (χ4n) is 1.04. The van der Waals surface area contributed by atoms with Crippen LogP contribution in [0.2, 0.25) is 0 Å². The van der Waals surface area contributed by atoms with Gasteiger partial charge in [-0.2, -0.15) is 10.2 Å². The molecule has 68 valence electrons. The third-order valence-corrected chi connectivity index (χ3v) is 2.98. The van der Waals surface area contributed by atoms with Crippen molar-refractivity contribution < 1.29 is 0 Å². The summed E-state index contributed by atoms with van der Waals surface area (Å²) in [7, 11) is 1.89. The molecule has 0 unspecified atom stereocenters. The van der Waals surface area contributed by atoms with Crippen molar-refractivity contribution in [2.45, 2.75) is 6.92 Å². The standard InChI is InChI=1S/C7H8IN5/c1-4-10-7(12-11-4)5-3-9-13(2)6(5)8/h3H,1-2H3,(H,10,11,12). The minimum absolute atomic E-state index is 0.704. The van der Waals surface area contributed by atoms with Gasteiger partial charge in [0, 0.05) is 7.05 Å². The molecule has 0 bridgehead atoms. The summed E-state index contributed by atoms with van der Waals surface area (Å²) in [5.74, 6) is 1.52. The van der Waals surface area contributed by atoms with E-state index in [2.05, 4.69) is 42.9 Å². The highest BCUT2D eigenvalue weighted by molar-refractivity contribution is 14.1. The van der Waals surface area contributed by atoms with Crippen molar-refractivity contribution in [2.75, 3.05) is 0 Å². The number of aromatic nitrogens is 5. The van der Waals surface area contributed by atoms with Crippen LogP contribution < -0.4 is 0 Å². The maximum atomic E-state index is 4.23. The van der Waals surface area contributed by atoms with E-state index in [0.717, 1.165) is 15.1 Å². The van der Waals surface area contributed by atoms with Crippen molar-refractivity contribution >= 4 is 22.6 Å². The molecule has 0 saturated heterocycles. The Morgan fingerprint density at radius 2 is 2.31 bits per heavy atom. The number of aromatic amines is 1. The summed E-state index contributed by atoms with van der Waals surface area (Å²) in [4.78, 5) is 4.23. The highest BCUT2D eigenvalue weighted by Crippen LogP contribution is 2.20. The molecule has 5 nitrogen and oxygen atoms in total. The fourth-order valence-corrected chi connectivity index (χ4v) is 1.54. The Morgan fingerprint density at radius 3 is 2.77 bits per heavy atom. The molecule has 0 amide bonds. The Labute approximate surface area is 88.7 Å². The molecule has 0 radical (unpaired) electrons. The summed E-state index contributed by atoms with van der Waals surface area (Å²) in [6.45, 7) is 1.87. The van der Waals surface area contributed by atoms with Crippen LogP contribution in [0, 0.1) is 10.6 Å². The molecule has 2 aromatic rings. The first-order valence-electron chi connectivity index (χ1n) is 3.75. The second-order valence-electron chi connectivity index (χ2n) is 2.72. The molecule has 0 saturated carbocycles. The molecular weight excluding hydrogens is 281 g/mol. The van der Waals surface area contributed by atoms with E-state index in [0.29, 0.717) is 5.82 Å². The van der Waals surface area contributed by atoms with Crippen LogP contribution in [0.15, 0.2) is 6.20 Å². The largest absolute Gasteiger partial charge is 0.263 e. The molecule has 0 aliphatic rings. The summed E-state index contributed by atoms with van der Waals surface area (Å²) in [5, 5.41) is 11.0. The van der Waals surface area contributed by atoms with Gasteiger partial charge in [0.25, 0.3) is 0 Å². The Bertz CT molecular complexity index is 430. The van der Waals surface area contributed by atoms with E-state index in [1.807, 2.05) is 14.0 Å². The van der Waals surface area contributed by atoms with Gasteiger partial charge in [-0.15, -0.1) is 0 Å². The monoisotopic (exact) mass is 289 g/mol. The van der Waals surface area contributed by atoms with Crippen LogP contribution >= 0.6 is 22.6 Å². The van der Waals surface area contributed by atoms with Crippen LogP contribution in [-0.2, 0) is 7.05 Å². The molecule has 6 heteroatoms. The normalized spacial score (nSPS) is 10.7. The number of rotatable bonds is 1. The Balaban J connectivity index is 2.52. The predicted molar refractivity (Wildman–Crippen MR) is 56.0 cm³/mol. The predicted octanol–water partition coefficient (Wildman–Crippen LogP) is 1.12. The summed E-state index contributed by atoms with van der Waals surface area (Å²) in [6, 6.07) is 0. The molecule has 0 fully saturated rings. The lowest BCUT2D eigenvalue weighted by molar-refractivity contribution is 0.748. The van der Waals surface area contributed by atoms with Crippen LogP contribution in [-0.4, -0.2) is 25.0 Å². The Morgan fingerprint density at radius 1 is 1.54 bits per heavy atom. The molecule has 2 rings (SSSR count). The van der Waals surface area contributed by atoms with Gasteiger partial charge in [0.1, 0.15) is 9.53 Å². The van der Waals surface area contributed by atoms with Gasteiger partial charge in [-0.3, -0.25) is 9.78 Å². The fraction of sp³-hybridized carbons (Fsp3) is 0.286. The first kappa shape index (κ1) is 8.67. The van der Waals surface area contributed by atoms with Crippen LogP contribution in [0.4, 0.5) is 0 Å². The van der Waals surface area contributed by atoms with Gasteiger partial charge in [-0.1, -0.05) is 0 Å². The molecule has 2 heterocycles. The van der Waals surface area contributed by atoms with Gasteiger partial charge in [-0.05, 0) is 29.5 Å². The zero-order chi connectivity index (χ0) is 9.42. The van der Waals surface area contributed by atoms with Crippen molar-refractivity contribution in [3.8, 4) is 11.4 Å². The molecular formula is C7H8IN5. The first-order chi connectivity index (χ1) is 6.18. The van der Waals surface area contributed by atoms with Gasteiger partial charge in [0.15, 0.2) is 5.82 Å². The van der Waals surface area contributed by atoms with E-state index in [9.17, 15) is 0 Å². The maximum absolute atomic E-state index is 4.23. The lowest BCUT2D eigenvalue weighted by Gasteiger charge is -1.92. The lowest BCUT2D eigenvalue weighted by atomic mass is 10.3. The minimum atomic E-state index is 0.704. The molecule has 2 aromatic heterocycles. The number of aryl methyl sites for hydroxylation is 2. The van der Waals surface area contributed by atoms with Gasteiger partial charge >= 0.3 is 0 Å². The third-order valence-electron chi connectivity index (χ3n) is 1.70. The molecule has 0 atom stereocenters. The Kier molecular flexibility index (Phi) is 2.06. The maximum Gasteiger partial charge on any atom is 0.185 e. The number of H-pyrrole nitrogens is 1. The number of nitrogens with one attached hydrogen (secondary N) is 1. The van der Waals surface area contributed by atoms with Crippen molar-refractivity contribution in [3.63, 3.8) is 0 Å². The average Bonchev–Trinajstić information content (AvgIpc) is 2.62. The Hall–Kier alpha value is -0.920. The summed E-state index contributed by atoms with van der Waals surface area (Å²) >= 11 is 2.22. The van der Waals surface area contributed by atoms with Crippen LogP contribution in [0.5, 0.6) is 0 Å². The smallest absolute Gasteiger partial charge is 0.185 e. The molecule has 0 spiro atoms. The first-order valence-corrected chi connectivity index (χ1v) is 4.83. The van der Waals surface area contributed by atoms with E-state index in [1.165, 1.54) is 0 Å². The van der Waals surface area contributed by atoms with E-state index in [1.54, 1.807) is 10.9 Å². The molecule has 13 heavy (non-hydrogen) atoms. The van der Waals surface area contributed by atoms with Crippen molar-refractivity contribution in [2.24, 2.45) is 7.05 Å². The third kappa shape index (κ3) is 1.45. The topological polar surface area (TPSA) is 59.4 Å². The van der Waals surface area contributed by atoms with Crippen LogP contribution in [0.1, 0.15) is 5.82 Å². The SMILES string of the molecule is Cc1nc(-c2cnn(C)c2I)n[nH]1. The van der Waals surface area contributed by atoms with Crippen molar-refractivity contribution in [1.29, 1.82) is 0 Å². The van der Waals surface area contributed by atoms with Crippen molar-refractivity contribution in [1.82, 2.24) is 25.0 Å². The summed E-state index contributed by atoms with van der Waals surface area (Å²) in [6.07, 6.45) is 1.77. The summed E-state index contributed by atoms with van der Waals surface area (Å²) < 4.78 is 2.83. The van der Waals surface area contributed by atoms with E-state index < -0.39 is 0 Å². The van der Waals surface area contributed by atoms with E-state index in [4.69, 9.17) is 0 Å². The number of hydrogen-bond acceptors (Lipinski definition) is 3. The second-order valence-corrected chi connectivity index (χ2v) is 3.74. The number of nitrogens with zero attached hydrogens (tertiary/aromatic N) is 4. The van der Waals surface area contributed by atoms with Gasteiger partial charge in [0.05, 0.1) is 11.8 Å². The lowest BCUT2D eigenvalue weighted by Crippen LogP contribution is -1.92. The van der Waals surface area contributed by atoms with E-state index >= 15 is 0 Å². The molecule has 0 aliphatic carbocycles. The quantitative estimate of drug-likeness (QED) is 0.800. The highest BCUT2D eigenvalue weighted by atomic mass is 127. The van der Waals surface area contributed by atoms with Gasteiger partial charge in [0.2, 0.25) is 0 Å². The zero-order valence-corrected chi connectivity index (χ0v) is 9.40. The van der Waals surface area contributed by atoms with Gasteiger partial charge < -0.3 is 0 Å². The van der Waals surface area contributed by atoms with Crippen LogP contribution in [0.3, 0.4) is 0 Å². The average molecular weight is 289 g/mol. The number of hydrogen-bond donors (Lipinski definition) is 1. The van der Waals surface area contributed by atoms with Crippen LogP contribution in [0.25, 0.3) is 11.4 Å². The molecule has 0 aliphatic heterocycles. The number of halogens is 1. The second kappa shape index (κ2) is 3.09. The summed E-state index contributed by atoms with van der Waals surface area (Å²) in [5.41, 5.74) is 0.965. The zero-order valence-electron chi connectivity index (χ0n) is 7.24. The van der Waals surface area contributed by atoms with E-state index in [-0.39, 0.29) is 0 Å². The van der Waals surface area contributed by atoms with Gasteiger partial charge in [-0.25, -0.2) is 4.98 Å². The molecule has 1 N–H and O–H groups in total. The minimum Gasteiger partial charge on any atom is -0.263 e. The molecule has 0 aromatic carbocycles. The van der Waals surface area contributed by atoms with Crippen molar-refractivity contribution in [3.05, 3.63) is 15.7 Å².